The molecule has 0 aliphatic carbocycles. The number of carbonyl (C=O) groups excluding carboxylic acids is 2. The molecule has 0 spiro atoms. The predicted molar refractivity (Wildman–Crippen MR) is 64.0 cm³/mol. The summed E-state index contributed by atoms with van der Waals surface area (Å²) in [6.07, 6.45) is 0. The second kappa shape index (κ2) is 7.02. The molecule has 20 heavy (non-hydrogen) atoms. The van der Waals surface area contributed by atoms with Crippen molar-refractivity contribution in [1.29, 1.82) is 0 Å². The van der Waals surface area contributed by atoms with Crippen LogP contribution in [-0.4, -0.2) is 36.1 Å². The summed E-state index contributed by atoms with van der Waals surface area (Å²) in [6, 6.07) is 1.94. The van der Waals surface area contributed by atoms with E-state index in [2.05, 4.69) is 10.6 Å². The molecule has 4 N–H and O–H groups in total. The highest BCUT2D eigenvalue weighted by Gasteiger charge is 2.08. The quantitative estimate of drug-likeness (QED) is 0.624. The molecule has 0 unspecified atom stereocenters. The van der Waals surface area contributed by atoms with Gasteiger partial charge in [-0.15, -0.1) is 0 Å². The van der Waals surface area contributed by atoms with Crippen LogP contribution < -0.4 is 16.0 Å². The molecule has 0 atom stereocenters. The Kier molecular flexibility index (Phi) is 5.39. The van der Waals surface area contributed by atoms with Crippen molar-refractivity contribution in [3.8, 4) is 0 Å². The topological polar surface area (TPSA) is 108 Å². The first kappa shape index (κ1) is 15.3. The molecule has 0 aromatic heterocycles. The molecule has 0 aliphatic heterocycles. The molecule has 1 aromatic carbocycles. The summed E-state index contributed by atoms with van der Waals surface area (Å²) in [5.41, 5.74) is 0.00680. The molecule has 7 nitrogen and oxygen atoms in total. The van der Waals surface area contributed by atoms with E-state index in [4.69, 9.17) is 5.11 Å². The Morgan fingerprint density at radius 1 is 1.05 bits per heavy atom. The minimum Gasteiger partial charge on any atom is -0.480 e. The SMILES string of the molecule is O=C(O)CNC(=O)CNC(=O)Nc1ccc(F)c(F)c1. The Morgan fingerprint density at radius 2 is 1.75 bits per heavy atom. The van der Waals surface area contributed by atoms with E-state index in [9.17, 15) is 23.2 Å². The molecular weight excluding hydrogens is 276 g/mol. The Labute approximate surface area is 112 Å². The molecule has 0 saturated carbocycles. The first-order valence-corrected chi connectivity index (χ1v) is 5.37. The molecule has 3 amide bonds. The van der Waals surface area contributed by atoms with Crippen molar-refractivity contribution >= 4 is 23.6 Å². The standard InChI is InChI=1S/C11H11F2N3O4/c12-7-2-1-6(3-8(7)13)16-11(20)15-4-9(17)14-5-10(18)19/h1-3H,4-5H2,(H,14,17)(H,18,19)(H2,15,16,20). The van der Waals surface area contributed by atoms with Crippen LogP contribution in [0.15, 0.2) is 18.2 Å². The van der Waals surface area contributed by atoms with Crippen molar-refractivity contribution in [3.63, 3.8) is 0 Å². The van der Waals surface area contributed by atoms with Crippen molar-refractivity contribution in [2.45, 2.75) is 0 Å². The highest BCUT2D eigenvalue weighted by Crippen LogP contribution is 2.12. The molecule has 0 bridgehead atoms. The number of carboxylic acids is 1. The maximum Gasteiger partial charge on any atom is 0.322 e. The van der Waals surface area contributed by atoms with E-state index in [1.807, 2.05) is 5.32 Å². The number of amides is 3. The van der Waals surface area contributed by atoms with Crippen LogP contribution in [0.2, 0.25) is 0 Å². The molecule has 108 valence electrons. The van der Waals surface area contributed by atoms with Crippen LogP contribution in [0.4, 0.5) is 19.3 Å². The van der Waals surface area contributed by atoms with Gasteiger partial charge in [0, 0.05) is 11.8 Å². The zero-order chi connectivity index (χ0) is 15.1. The zero-order valence-corrected chi connectivity index (χ0v) is 10.1. The van der Waals surface area contributed by atoms with Gasteiger partial charge in [0.2, 0.25) is 5.91 Å². The number of anilines is 1. The monoisotopic (exact) mass is 287 g/mol. The number of carboxylic acid groups (broad SMARTS) is 1. The van der Waals surface area contributed by atoms with Crippen molar-refractivity contribution in [3.05, 3.63) is 29.8 Å². The maximum absolute atomic E-state index is 12.9. The van der Waals surface area contributed by atoms with Gasteiger partial charge in [-0.25, -0.2) is 13.6 Å². The average molecular weight is 287 g/mol. The van der Waals surface area contributed by atoms with Gasteiger partial charge >= 0.3 is 12.0 Å². The summed E-state index contributed by atoms with van der Waals surface area (Å²) in [5, 5.41) is 14.6. The lowest BCUT2D eigenvalue weighted by atomic mass is 10.3. The van der Waals surface area contributed by atoms with Crippen LogP contribution in [0.1, 0.15) is 0 Å². The molecule has 9 heteroatoms. The fourth-order valence-corrected chi connectivity index (χ4v) is 1.15. The third kappa shape index (κ3) is 5.29. The minimum absolute atomic E-state index is 0.00680. The minimum atomic E-state index is -1.22. The Balaban J connectivity index is 2.38. The van der Waals surface area contributed by atoms with Gasteiger partial charge in [-0.05, 0) is 12.1 Å². The summed E-state index contributed by atoms with van der Waals surface area (Å²) >= 11 is 0. The van der Waals surface area contributed by atoms with E-state index in [0.717, 1.165) is 18.2 Å². The second-order valence-corrected chi connectivity index (χ2v) is 3.61. The number of nitrogens with one attached hydrogen (secondary N) is 3. The number of halogens is 2. The number of aliphatic carboxylic acids is 1. The van der Waals surface area contributed by atoms with Gasteiger partial charge in [0.1, 0.15) is 6.54 Å². The Hall–Kier alpha value is -2.71. The first-order chi connectivity index (χ1) is 9.38. The lowest BCUT2D eigenvalue weighted by molar-refractivity contribution is -0.137. The predicted octanol–water partition coefficient (Wildman–Crippen LogP) is 0.287. The first-order valence-electron chi connectivity index (χ1n) is 5.37. The highest BCUT2D eigenvalue weighted by atomic mass is 19.2. The molecular formula is C11H11F2N3O4. The number of urea groups is 1. The van der Waals surface area contributed by atoms with Crippen LogP contribution >= 0.6 is 0 Å². The average Bonchev–Trinajstić information content (AvgIpc) is 2.38. The highest BCUT2D eigenvalue weighted by molar-refractivity contribution is 5.92. The summed E-state index contributed by atoms with van der Waals surface area (Å²) in [5.74, 6) is -4.09. The molecule has 0 saturated heterocycles. The molecule has 0 aliphatic rings. The third-order valence-corrected chi connectivity index (χ3v) is 2.02. The Bertz CT molecular complexity index is 536. The smallest absolute Gasteiger partial charge is 0.322 e. The number of hydrogen-bond donors (Lipinski definition) is 4. The van der Waals surface area contributed by atoms with Gasteiger partial charge in [-0.2, -0.15) is 0 Å². The van der Waals surface area contributed by atoms with Crippen molar-refractivity contribution in [1.82, 2.24) is 10.6 Å². The van der Waals surface area contributed by atoms with E-state index < -0.39 is 42.6 Å². The van der Waals surface area contributed by atoms with Crippen LogP contribution in [0, 0.1) is 11.6 Å². The summed E-state index contributed by atoms with van der Waals surface area (Å²) in [4.78, 5) is 32.6. The van der Waals surface area contributed by atoms with Gasteiger partial charge in [0.15, 0.2) is 11.6 Å². The number of hydrogen-bond acceptors (Lipinski definition) is 3. The van der Waals surface area contributed by atoms with Crippen LogP contribution in [0.3, 0.4) is 0 Å². The van der Waals surface area contributed by atoms with Crippen LogP contribution in [-0.2, 0) is 9.59 Å². The fraction of sp³-hybridized carbons (Fsp3) is 0.182. The molecule has 0 radical (unpaired) electrons. The van der Waals surface area contributed by atoms with Crippen molar-refractivity contribution < 1.29 is 28.3 Å². The van der Waals surface area contributed by atoms with Crippen molar-refractivity contribution in [2.75, 3.05) is 18.4 Å². The van der Waals surface area contributed by atoms with E-state index in [1.54, 1.807) is 0 Å². The van der Waals surface area contributed by atoms with E-state index in [1.165, 1.54) is 0 Å². The lowest BCUT2D eigenvalue weighted by Gasteiger charge is -2.07. The van der Waals surface area contributed by atoms with Crippen LogP contribution in [0.25, 0.3) is 0 Å². The fourth-order valence-electron chi connectivity index (χ4n) is 1.15. The van der Waals surface area contributed by atoms with E-state index in [-0.39, 0.29) is 5.69 Å². The summed E-state index contributed by atoms with van der Waals surface area (Å²) in [6.45, 7) is -1.02. The van der Waals surface area contributed by atoms with Crippen LogP contribution in [0.5, 0.6) is 0 Å². The lowest BCUT2D eigenvalue weighted by Crippen LogP contribution is -2.40. The largest absolute Gasteiger partial charge is 0.480 e. The van der Waals surface area contributed by atoms with Crippen molar-refractivity contribution in [2.24, 2.45) is 0 Å². The molecule has 0 fully saturated rings. The van der Waals surface area contributed by atoms with Gasteiger partial charge in [0.05, 0.1) is 6.54 Å². The maximum atomic E-state index is 12.9. The number of carbonyl (C=O) groups is 3. The normalized spacial score (nSPS) is 9.70. The molecule has 1 rings (SSSR count). The van der Waals surface area contributed by atoms with Gasteiger partial charge in [-0.3, -0.25) is 9.59 Å². The van der Waals surface area contributed by atoms with Gasteiger partial charge in [0.25, 0.3) is 0 Å². The summed E-state index contributed by atoms with van der Waals surface area (Å²) in [7, 11) is 0. The number of benzene rings is 1. The molecule has 0 heterocycles. The summed E-state index contributed by atoms with van der Waals surface area (Å²) < 4.78 is 25.5. The molecule has 1 aromatic rings. The Morgan fingerprint density at radius 3 is 2.35 bits per heavy atom. The third-order valence-electron chi connectivity index (χ3n) is 2.02. The number of rotatable bonds is 5. The van der Waals surface area contributed by atoms with E-state index in [0.29, 0.717) is 0 Å². The van der Waals surface area contributed by atoms with Gasteiger partial charge in [-0.1, -0.05) is 0 Å². The van der Waals surface area contributed by atoms with E-state index >= 15 is 0 Å². The second-order valence-electron chi connectivity index (χ2n) is 3.61. The zero-order valence-electron chi connectivity index (χ0n) is 10.1. The van der Waals surface area contributed by atoms with Gasteiger partial charge < -0.3 is 21.1 Å².